The molecule has 0 bridgehead atoms. The number of imidazole rings is 1. The minimum atomic E-state index is -2.75. The molecule has 0 atom stereocenters. The number of hydrogen-bond acceptors (Lipinski definition) is 3. The number of nitrogens with zero attached hydrogens (tertiary/aromatic N) is 2. The first kappa shape index (κ1) is 18.2. The van der Waals surface area contributed by atoms with Gasteiger partial charge in [-0.15, -0.1) is 0 Å². The van der Waals surface area contributed by atoms with Gasteiger partial charge in [-0.1, -0.05) is 30.3 Å². The van der Waals surface area contributed by atoms with E-state index in [1.165, 1.54) is 0 Å². The SMILES string of the molecule is O=C(CCCc1c[nH]c2ccccc12)OCc1nc2ccccc2n1C(F)F. The van der Waals surface area contributed by atoms with E-state index < -0.39 is 12.5 Å². The van der Waals surface area contributed by atoms with E-state index in [0.29, 0.717) is 17.5 Å². The summed E-state index contributed by atoms with van der Waals surface area (Å²) in [5.74, 6) is -0.381. The van der Waals surface area contributed by atoms with Crippen molar-refractivity contribution in [3.8, 4) is 0 Å². The smallest absolute Gasteiger partial charge is 0.320 e. The van der Waals surface area contributed by atoms with Gasteiger partial charge in [0.2, 0.25) is 0 Å². The number of aromatic nitrogens is 3. The zero-order valence-electron chi connectivity index (χ0n) is 15.1. The van der Waals surface area contributed by atoms with E-state index in [1.54, 1.807) is 24.3 Å². The number of benzene rings is 2. The summed E-state index contributed by atoms with van der Waals surface area (Å²) in [6, 6.07) is 14.6. The van der Waals surface area contributed by atoms with E-state index >= 15 is 0 Å². The van der Waals surface area contributed by atoms with Crippen molar-refractivity contribution in [2.45, 2.75) is 32.4 Å². The molecule has 0 spiro atoms. The molecule has 0 saturated carbocycles. The topological polar surface area (TPSA) is 59.9 Å². The number of hydrogen-bond donors (Lipinski definition) is 1. The molecular weight excluding hydrogens is 364 g/mol. The number of nitrogens with one attached hydrogen (secondary N) is 1. The summed E-state index contributed by atoms with van der Waals surface area (Å²) in [4.78, 5) is 19.4. The van der Waals surface area contributed by atoms with Crippen molar-refractivity contribution in [1.29, 1.82) is 0 Å². The monoisotopic (exact) mass is 383 g/mol. The zero-order chi connectivity index (χ0) is 19.5. The number of rotatable bonds is 7. The van der Waals surface area contributed by atoms with E-state index in [9.17, 15) is 13.6 Å². The van der Waals surface area contributed by atoms with Crippen molar-refractivity contribution in [2.75, 3.05) is 0 Å². The molecule has 0 aliphatic carbocycles. The van der Waals surface area contributed by atoms with Crippen LogP contribution in [0.5, 0.6) is 0 Å². The largest absolute Gasteiger partial charge is 0.458 e. The number of H-pyrrole nitrogens is 1. The third kappa shape index (κ3) is 3.60. The summed E-state index contributed by atoms with van der Waals surface area (Å²) in [7, 11) is 0. The predicted octanol–water partition coefficient (Wildman–Crippen LogP) is 4.98. The number of para-hydroxylation sites is 3. The number of esters is 1. The van der Waals surface area contributed by atoms with Gasteiger partial charge in [0.25, 0.3) is 0 Å². The van der Waals surface area contributed by atoms with Crippen LogP contribution in [0, 0.1) is 0 Å². The van der Waals surface area contributed by atoms with E-state index in [-0.39, 0.29) is 18.9 Å². The number of alkyl halides is 2. The number of fused-ring (bicyclic) bond motifs is 2. The first-order valence-electron chi connectivity index (χ1n) is 9.08. The maximum Gasteiger partial charge on any atom is 0.320 e. The van der Waals surface area contributed by atoms with Crippen molar-refractivity contribution in [2.24, 2.45) is 0 Å². The Hall–Kier alpha value is -3.22. The lowest BCUT2D eigenvalue weighted by molar-refractivity contribution is -0.145. The van der Waals surface area contributed by atoms with E-state index in [1.807, 2.05) is 30.5 Å². The molecule has 0 fully saturated rings. The van der Waals surface area contributed by atoms with Gasteiger partial charge in [0.05, 0.1) is 11.0 Å². The third-order valence-electron chi connectivity index (χ3n) is 4.73. The van der Waals surface area contributed by atoms with Crippen LogP contribution < -0.4 is 0 Å². The molecule has 2 heterocycles. The molecule has 0 aliphatic heterocycles. The summed E-state index contributed by atoms with van der Waals surface area (Å²) in [5, 5.41) is 1.14. The number of ether oxygens (including phenoxy) is 1. The molecule has 0 saturated heterocycles. The number of aryl methyl sites for hydroxylation is 1. The van der Waals surface area contributed by atoms with Gasteiger partial charge in [-0.2, -0.15) is 8.78 Å². The first-order chi connectivity index (χ1) is 13.6. The van der Waals surface area contributed by atoms with Crippen LogP contribution >= 0.6 is 0 Å². The van der Waals surface area contributed by atoms with Gasteiger partial charge >= 0.3 is 12.5 Å². The molecule has 4 aromatic rings. The van der Waals surface area contributed by atoms with Crippen LogP contribution in [0.15, 0.2) is 54.7 Å². The molecule has 144 valence electrons. The average Bonchev–Trinajstić information content (AvgIpc) is 3.27. The maximum atomic E-state index is 13.4. The van der Waals surface area contributed by atoms with Gasteiger partial charge < -0.3 is 9.72 Å². The molecular formula is C21H19F2N3O2. The number of carbonyl (C=O) groups is 1. The van der Waals surface area contributed by atoms with Crippen molar-refractivity contribution >= 4 is 27.9 Å². The lowest BCUT2D eigenvalue weighted by Crippen LogP contribution is -2.10. The molecule has 2 aromatic carbocycles. The fourth-order valence-corrected chi connectivity index (χ4v) is 3.39. The molecule has 0 radical (unpaired) electrons. The fourth-order valence-electron chi connectivity index (χ4n) is 3.39. The van der Waals surface area contributed by atoms with Gasteiger partial charge in [0, 0.05) is 23.5 Å². The minimum absolute atomic E-state index is 0.0428. The van der Waals surface area contributed by atoms with Crippen molar-refractivity contribution in [3.05, 3.63) is 66.1 Å². The van der Waals surface area contributed by atoms with Gasteiger partial charge in [-0.05, 0) is 36.6 Å². The Morgan fingerprint density at radius 1 is 1.14 bits per heavy atom. The molecule has 28 heavy (non-hydrogen) atoms. The van der Waals surface area contributed by atoms with E-state index in [2.05, 4.69) is 9.97 Å². The zero-order valence-corrected chi connectivity index (χ0v) is 15.1. The van der Waals surface area contributed by atoms with Crippen molar-refractivity contribution < 1.29 is 18.3 Å². The van der Waals surface area contributed by atoms with Gasteiger partial charge in [-0.3, -0.25) is 9.36 Å². The highest BCUT2D eigenvalue weighted by molar-refractivity contribution is 5.83. The Balaban J connectivity index is 1.35. The second-order valence-corrected chi connectivity index (χ2v) is 6.54. The summed E-state index contributed by atoms with van der Waals surface area (Å²) in [6.07, 6.45) is 3.51. The lowest BCUT2D eigenvalue weighted by atomic mass is 10.1. The standard InChI is InChI=1S/C21H19F2N3O2/c22-21(23)26-18-10-4-3-9-17(18)25-19(26)13-28-20(27)11-5-6-14-12-24-16-8-2-1-7-15(14)16/h1-4,7-10,12,21,24H,5-6,11,13H2. The van der Waals surface area contributed by atoms with Gasteiger partial charge in [0.15, 0.2) is 5.82 Å². The van der Waals surface area contributed by atoms with Crippen LogP contribution in [0.3, 0.4) is 0 Å². The molecule has 0 amide bonds. The maximum absolute atomic E-state index is 13.4. The van der Waals surface area contributed by atoms with Gasteiger partial charge in [-0.25, -0.2) is 4.98 Å². The van der Waals surface area contributed by atoms with Gasteiger partial charge in [0.1, 0.15) is 6.61 Å². The summed E-state index contributed by atoms with van der Waals surface area (Å²) < 4.78 is 32.8. The van der Waals surface area contributed by atoms with E-state index in [0.717, 1.165) is 27.5 Å². The van der Waals surface area contributed by atoms with Crippen molar-refractivity contribution in [1.82, 2.24) is 14.5 Å². The third-order valence-corrected chi connectivity index (χ3v) is 4.73. The van der Waals surface area contributed by atoms with Crippen LogP contribution in [0.25, 0.3) is 21.9 Å². The second-order valence-electron chi connectivity index (χ2n) is 6.54. The van der Waals surface area contributed by atoms with Crippen LogP contribution in [0.2, 0.25) is 0 Å². The Kier molecular flexibility index (Phi) is 5.06. The average molecular weight is 383 g/mol. The van der Waals surface area contributed by atoms with Crippen LogP contribution in [-0.4, -0.2) is 20.5 Å². The number of aromatic amines is 1. The highest BCUT2D eigenvalue weighted by atomic mass is 19.3. The molecule has 7 heteroatoms. The van der Waals surface area contributed by atoms with Crippen LogP contribution in [0.1, 0.15) is 30.8 Å². The first-order valence-corrected chi connectivity index (χ1v) is 9.08. The minimum Gasteiger partial charge on any atom is -0.458 e. The molecule has 4 rings (SSSR count). The second kappa shape index (κ2) is 7.80. The summed E-state index contributed by atoms with van der Waals surface area (Å²) in [6.45, 7) is -3.02. The normalized spacial score (nSPS) is 11.5. The van der Waals surface area contributed by atoms with E-state index in [4.69, 9.17) is 4.74 Å². The quantitative estimate of drug-likeness (QED) is 0.458. The Bertz CT molecular complexity index is 1120. The highest BCUT2D eigenvalue weighted by Gasteiger charge is 2.18. The molecule has 1 N–H and O–H groups in total. The Morgan fingerprint density at radius 2 is 1.93 bits per heavy atom. The molecule has 0 aliphatic rings. The molecule has 0 unspecified atom stereocenters. The highest BCUT2D eigenvalue weighted by Crippen LogP contribution is 2.24. The number of carbonyl (C=O) groups excluding carboxylic acids is 1. The summed E-state index contributed by atoms with van der Waals surface area (Å²) in [5.41, 5.74) is 2.98. The Morgan fingerprint density at radius 3 is 2.79 bits per heavy atom. The fraction of sp³-hybridized carbons (Fsp3) is 0.238. The van der Waals surface area contributed by atoms with Crippen LogP contribution in [0.4, 0.5) is 8.78 Å². The molecule has 5 nitrogen and oxygen atoms in total. The predicted molar refractivity (Wildman–Crippen MR) is 102 cm³/mol. The number of halogens is 2. The van der Waals surface area contributed by atoms with Crippen molar-refractivity contribution in [3.63, 3.8) is 0 Å². The summed E-state index contributed by atoms with van der Waals surface area (Å²) >= 11 is 0. The molecule has 2 aromatic heterocycles. The lowest BCUT2D eigenvalue weighted by Gasteiger charge is -2.08. The Labute approximate surface area is 159 Å². The van der Waals surface area contributed by atoms with Crippen LogP contribution in [-0.2, 0) is 22.6 Å².